The molecule has 1 aromatic heterocycles. The van der Waals surface area contributed by atoms with E-state index in [9.17, 15) is 34.8 Å². The van der Waals surface area contributed by atoms with Crippen LogP contribution in [-0.2, 0) is 26.2 Å². The first-order valence-corrected chi connectivity index (χ1v) is 14.8. The van der Waals surface area contributed by atoms with E-state index in [1.807, 2.05) is 0 Å². The van der Waals surface area contributed by atoms with Crippen LogP contribution >= 0.6 is 11.3 Å². The molecule has 0 aliphatic rings. The van der Waals surface area contributed by atoms with E-state index in [0.29, 0.717) is 11.8 Å². The van der Waals surface area contributed by atoms with E-state index in [1.54, 1.807) is 11.4 Å². The predicted octanol–water partition coefficient (Wildman–Crippen LogP) is 5.65. The summed E-state index contributed by atoms with van der Waals surface area (Å²) in [7, 11) is -6.52. The van der Waals surface area contributed by atoms with Gasteiger partial charge in [0.15, 0.2) is 0 Å². The normalized spacial score (nSPS) is 12.1. The number of alkyl halides is 3. The van der Waals surface area contributed by atoms with Crippen LogP contribution in [0.3, 0.4) is 0 Å². The highest BCUT2D eigenvalue weighted by molar-refractivity contribution is 7.94. The molecule has 14 heteroatoms. The van der Waals surface area contributed by atoms with Gasteiger partial charge in [0.05, 0.1) is 16.1 Å². The first-order chi connectivity index (χ1) is 18.3. The molecule has 1 heterocycles. The van der Waals surface area contributed by atoms with Gasteiger partial charge in [0.25, 0.3) is 26.0 Å². The Morgan fingerprint density at radius 3 is 2.10 bits per heavy atom. The van der Waals surface area contributed by atoms with Gasteiger partial charge in [-0.2, -0.15) is 13.2 Å². The number of halogens is 3. The lowest BCUT2D eigenvalue weighted by Gasteiger charge is -2.18. The first-order valence-electron chi connectivity index (χ1n) is 11.0. The molecule has 0 saturated carbocycles. The molecule has 0 aliphatic heterocycles. The number of carbonyl (C=O) groups is 1. The number of anilines is 3. The summed E-state index contributed by atoms with van der Waals surface area (Å²) in [5, 5.41) is 4.26. The molecule has 4 rings (SSSR count). The van der Waals surface area contributed by atoms with Crippen molar-refractivity contribution in [3.05, 3.63) is 101 Å². The van der Waals surface area contributed by atoms with Gasteiger partial charge < -0.3 is 5.32 Å². The minimum absolute atomic E-state index is 0.183. The number of nitrogens with zero attached hydrogens (tertiary/aromatic N) is 1. The van der Waals surface area contributed by atoms with E-state index in [0.717, 1.165) is 27.8 Å². The maximum absolute atomic E-state index is 12.9. The van der Waals surface area contributed by atoms with Crippen LogP contribution in [0, 0.1) is 0 Å². The van der Waals surface area contributed by atoms with Crippen molar-refractivity contribution in [2.45, 2.75) is 15.3 Å². The standard InChI is InChI=1S/C25H20F3N3O5S3/c1-31(39(35,36)23-6-3-15-37-23)21-11-7-17(8-12-21)24(32)29-19-9-13-22(14-10-19)38(33,34)30-20-5-2-4-18(16-20)25(26,27)28/h2-16,30H,1H3,(H,29,32). The molecule has 8 nitrogen and oxygen atoms in total. The Balaban J connectivity index is 1.42. The average molecular weight is 596 g/mol. The maximum Gasteiger partial charge on any atom is 0.416 e. The molecule has 3 aromatic carbocycles. The number of sulfonamides is 2. The number of benzene rings is 3. The van der Waals surface area contributed by atoms with Crippen LogP contribution in [0.15, 0.2) is 99.4 Å². The first kappa shape index (κ1) is 28.1. The van der Waals surface area contributed by atoms with Crippen molar-refractivity contribution in [1.29, 1.82) is 0 Å². The van der Waals surface area contributed by atoms with Crippen LogP contribution in [0.25, 0.3) is 0 Å². The van der Waals surface area contributed by atoms with Crippen LogP contribution in [-0.4, -0.2) is 29.8 Å². The molecule has 0 spiro atoms. The second-order valence-corrected chi connectivity index (χ2v) is 12.9. The van der Waals surface area contributed by atoms with Gasteiger partial charge in [0.2, 0.25) is 0 Å². The van der Waals surface area contributed by atoms with Gasteiger partial charge in [0, 0.05) is 24.0 Å². The summed E-state index contributed by atoms with van der Waals surface area (Å²) in [5.74, 6) is -0.525. The molecule has 4 aromatic rings. The molecular weight excluding hydrogens is 575 g/mol. The Morgan fingerprint density at radius 2 is 1.51 bits per heavy atom. The van der Waals surface area contributed by atoms with Crippen molar-refractivity contribution in [2.75, 3.05) is 21.4 Å². The van der Waals surface area contributed by atoms with Crippen LogP contribution in [0.2, 0.25) is 0 Å². The van der Waals surface area contributed by atoms with E-state index in [1.165, 1.54) is 67.7 Å². The third-order valence-corrected chi connectivity index (χ3v) is 10.0. The van der Waals surface area contributed by atoms with Crippen LogP contribution < -0.4 is 14.3 Å². The lowest BCUT2D eigenvalue weighted by Crippen LogP contribution is -2.25. The molecule has 0 fully saturated rings. The second-order valence-electron chi connectivity index (χ2n) is 8.11. The molecule has 0 bridgehead atoms. The van der Waals surface area contributed by atoms with Crippen molar-refractivity contribution in [2.24, 2.45) is 0 Å². The highest BCUT2D eigenvalue weighted by Gasteiger charge is 2.30. The summed E-state index contributed by atoms with van der Waals surface area (Å²) in [6, 6.07) is 17.8. The van der Waals surface area contributed by atoms with Crippen molar-refractivity contribution in [3.8, 4) is 0 Å². The number of hydrogen-bond donors (Lipinski definition) is 2. The quantitative estimate of drug-likeness (QED) is 0.274. The van der Waals surface area contributed by atoms with E-state index in [2.05, 4.69) is 10.0 Å². The van der Waals surface area contributed by atoms with E-state index < -0.39 is 37.7 Å². The zero-order valence-corrected chi connectivity index (χ0v) is 22.5. The monoisotopic (exact) mass is 595 g/mol. The summed E-state index contributed by atoms with van der Waals surface area (Å²) >= 11 is 1.09. The zero-order valence-electron chi connectivity index (χ0n) is 20.0. The van der Waals surface area contributed by atoms with Gasteiger partial charge in [-0.15, -0.1) is 11.3 Å². The molecular formula is C25H20F3N3O5S3. The third-order valence-electron chi connectivity index (χ3n) is 5.47. The molecule has 1 amide bonds. The molecule has 2 N–H and O–H groups in total. The molecule has 0 atom stereocenters. The van der Waals surface area contributed by atoms with Gasteiger partial charge in [0.1, 0.15) is 4.21 Å². The Hall–Kier alpha value is -3.88. The fraction of sp³-hybridized carbons (Fsp3) is 0.0800. The minimum Gasteiger partial charge on any atom is -0.322 e. The third kappa shape index (κ3) is 6.41. The summed E-state index contributed by atoms with van der Waals surface area (Å²) < 4.78 is 92.7. The van der Waals surface area contributed by atoms with E-state index >= 15 is 0 Å². The summed E-state index contributed by atoms with van der Waals surface area (Å²) in [4.78, 5) is 12.4. The highest BCUT2D eigenvalue weighted by Crippen LogP contribution is 2.31. The Morgan fingerprint density at radius 1 is 0.846 bits per heavy atom. The van der Waals surface area contributed by atoms with Crippen molar-refractivity contribution in [3.63, 3.8) is 0 Å². The maximum atomic E-state index is 12.9. The Bertz CT molecular complexity index is 1690. The second kappa shape index (κ2) is 10.7. The van der Waals surface area contributed by atoms with E-state index in [-0.39, 0.29) is 26.0 Å². The lowest BCUT2D eigenvalue weighted by molar-refractivity contribution is -0.137. The number of rotatable bonds is 8. The lowest BCUT2D eigenvalue weighted by atomic mass is 10.2. The SMILES string of the molecule is CN(c1ccc(C(=O)Nc2ccc(S(=O)(=O)Nc3cccc(C(F)(F)F)c3)cc2)cc1)S(=O)(=O)c1cccs1. The van der Waals surface area contributed by atoms with Gasteiger partial charge in [-0.25, -0.2) is 16.8 Å². The van der Waals surface area contributed by atoms with Crippen molar-refractivity contribution < 1.29 is 34.8 Å². The predicted molar refractivity (Wildman–Crippen MR) is 143 cm³/mol. The fourth-order valence-corrected chi connectivity index (χ4v) is 6.81. The molecule has 0 aliphatic carbocycles. The zero-order chi connectivity index (χ0) is 28.4. The van der Waals surface area contributed by atoms with E-state index in [4.69, 9.17) is 0 Å². The smallest absolute Gasteiger partial charge is 0.322 e. The molecule has 204 valence electrons. The van der Waals surface area contributed by atoms with Crippen molar-refractivity contribution >= 4 is 54.4 Å². The molecule has 0 radical (unpaired) electrons. The van der Waals surface area contributed by atoms with Gasteiger partial charge in [-0.05, 0) is 78.2 Å². The van der Waals surface area contributed by atoms with Crippen LogP contribution in [0.5, 0.6) is 0 Å². The fourth-order valence-electron chi connectivity index (χ4n) is 3.40. The van der Waals surface area contributed by atoms with Crippen molar-refractivity contribution in [1.82, 2.24) is 0 Å². The number of amides is 1. The largest absolute Gasteiger partial charge is 0.416 e. The molecule has 0 saturated heterocycles. The topological polar surface area (TPSA) is 113 Å². The number of hydrogen-bond acceptors (Lipinski definition) is 6. The molecule has 0 unspecified atom stereocenters. The summed E-state index contributed by atoms with van der Waals surface area (Å²) in [5.41, 5.74) is -0.407. The van der Waals surface area contributed by atoms with Gasteiger partial charge in [-0.3, -0.25) is 13.8 Å². The number of carbonyl (C=O) groups excluding carboxylic acids is 1. The summed E-state index contributed by atoms with van der Waals surface area (Å²) in [6.07, 6.45) is -4.63. The highest BCUT2D eigenvalue weighted by atomic mass is 32.2. The minimum atomic E-state index is -4.63. The summed E-state index contributed by atoms with van der Waals surface area (Å²) in [6.45, 7) is 0. The van der Waals surface area contributed by atoms with Gasteiger partial charge >= 0.3 is 6.18 Å². The van der Waals surface area contributed by atoms with Crippen LogP contribution in [0.4, 0.5) is 30.2 Å². The number of nitrogens with one attached hydrogen (secondary N) is 2. The average Bonchev–Trinajstić information content (AvgIpc) is 3.44. The van der Waals surface area contributed by atoms with Crippen LogP contribution in [0.1, 0.15) is 15.9 Å². The Kier molecular flexibility index (Phi) is 7.73. The number of thiophene rings is 1. The van der Waals surface area contributed by atoms with Gasteiger partial charge in [-0.1, -0.05) is 12.1 Å². The Labute approximate surface area is 226 Å². The molecule has 39 heavy (non-hydrogen) atoms.